The van der Waals surface area contributed by atoms with Crippen molar-refractivity contribution in [2.24, 2.45) is 0 Å². The molecule has 0 atom stereocenters. The number of methoxy groups -OCH3 is 1. The fraction of sp³-hybridized carbons (Fsp3) is 0.200. The molecule has 0 N–H and O–H groups in total. The van der Waals surface area contributed by atoms with Crippen molar-refractivity contribution in [2.75, 3.05) is 7.11 Å². The number of benzene rings is 2. The molecule has 0 saturated carbocycles. The number of aryl methyl sites for hydroxylation is 3. The van der Waals surface area contributed by atoms with Crippen LogP contribution in [0.2, 0.25) is 0 Å². The van der Waals surface area contributed by atoms with Crippen LogP contribution in [0.25, 0.3) is 27.3 Å². The van der Waals surface area contributed by atoms with Crippen molar-refractivity contribution in [1.82, 2.24) is 19.6 Å². The predicted octanol–water partition coefficient (Wildman–Crippen LogP) is 5.30. The Morgan fingerprint density at radius 1 is 1.12 bits per heavy atom. The van der Waals surface area contributed by atoms with Crippen LogP contribution < -0.4 is 4.74 Å². The standard InChI is InChI=1S/C25H22N4O3S/c1-14-8-9-15(2)19(10-14)32-12-17-6-5-7-18(11-17)22-27-23-20-16(3)21(25(30)31-4)33-24(20)26-13-29(23)28-22/h5-11,13H,12H2,1-4H3. The van der Waals surface area contributed by atoms with Gasteiger partial charge in [0.25, 0.3) is 0 Å². The second-order valence-corrected chi connectivity index (χ2v) is 8.93. The highest BCUT2D eigenvalue weighted by molar-refractivity contribution is 7.20. The lowest BCUT2D eigenvalue weighted by Gasteiger charge is -2.10. The van der Waals surface area contributed by atoms with Crippen LogP contribution in [0.4, 0.5) is 0 Å². The monoisotopic (exact) mass is 458 g/mol. The fourth-order valence-corrected chi connectivity index (χ4v) is 4.83. The summed E-state index contributed by atoms with van der Waals surface area (Å²) in [6, 6.07) is 14.2. The highest BCUT2D eigenvalue weighted by atomic mass is 32.1. The van der Waals surface area contributed by atoms with Crippen LogP contribution in [0.5, 0.6) is 5.75 Å². The Morgan fingerprint density at radius 3 is 2.79 bits per heavy atom. The van der Waals surface area contributed by atoms with E-state index in [0.29, 0.717) is 23.0 Å². The van der Waals surface area contributed by atoms with Crippen LogP contribution >= 0.6 is 11.3 Å². The van der Waals surface area contributed by atoms with Crippen molar-refractivity contribution in [3.05, 3.63) is 75.9 Å². The zero-order valence-electron chi connectivity index (χ0n) is 18.7. The summed E-state index contributed by atoms with van der Waals surface area (Å²) in [5.41, 5.74) is 5.64. The Kier molecular flexibility index (Phi) is 5.30. The number of aromatic nitrogens is 4. The first kappa shape index (κ1) is 21.1. The lowest BCUT2D eigenvalue weighted by Crippen LogP contribution is -1.99. The highest BCUT2D eigenvalue weighted by Crippen LogP contribution is 2.33. The predicted molar refractivity (Wildman–Crippen MR) is 128 cm³/mol. The Hall–Kier alpha value is -3.78. The van der Waals surface area contributed by atoms with Gasteiger partial charge in [0, 0.05) is 5.56 Å². The molecule has 0 spiro atoms. The van der Waals surface area contributed by atoms with Gasteiger partial charge in [-0.05, 0) is 55.2 Å². The smallest absolute Gasteiger partial charge is 0.348 e. The second kappa shape index (κ2) is 8.29. The molecule has 5 aromatic rings. The van der Waals surface area contributed by atoms with Crippen molar-refractivity contribution < 1.29 is 14.3 Å². The van der Waals surface area contributed by atoms with Crippen LogP contribution in [0.3, 0.4) is 0 Å². The van der Waals surface area contributed by atoms with E-state index < -0.39 is 0 Å². The Bertz CT molecular complexity index is 1520. The first-order chi connectivity index (χ1) is 15.9. The van der Waals surface area contributed by atoms with Gasteiger partial charge in [0.1, 0.15) is 28.4 Å². The lowest BCUT2D eigenvalue weighted by atomic mass is 10.1. The number of hydrogen-bond acceptors (Lipinski definition) is 7. The number of carbonyl (C=O) groups excluding carboxylic acids is 1. The zero-order valence-corrected chi connectivity index (χ0v) is 19.6. The van der Waals surface area contributed by atoms with Crippen molar-refractivity contribution in [3.63, 3.8) is 0 Å². The number of thiophene rings is 1. The average Bonchev–Trinajstić information content (AvgIpc) is 3.40. The molecule has 0 unspecified atom stereocenters. The fourth-order valence-electron chi connectivity index (χ4n) is 3.77. The maximum absolute atomic E-state index is 12.1. The molecule has 0 saturated heterocycles. The summed E-state index contributed by atoms with van der Waals surface area (Å²) in [5, 5.41) is 5.44. The van der Waals surface area contributed by atoms with Gasteiger partial charge < -0.3 is 9.47 Å². The van der Waals surface area contributed by atoms with E-state index in [-0.39, 0.29) is 5.97 Å². The molecule has 3 heterocycles. The van der Waals surface area contributed by atoms with E-state index in [0.717, 1.165) is 43.8 Å². The maximum Gasteiger partial charge on any atom is 0.348 e. The second-order valence-electron chi connectivity index (χ2n) is 7.93. The van der Waals surface area contributed by atoms with Gasteiger partial charge in [0.05, 0.1) is 12.5 Å². The van der Waals surface area contributed by atoms with Crippen LogP contribution in [0, 0.1) is 20.8 Å². The van der Waals surface area contributed by atoms with Crippen molar-refractivity contribution in [2.45, 2.75) is 27.4 Å². The molecule has 2 aromatic carbocycles. The van der Waals surface area contributed by atoms with E-state index in [1.54, 1.807) is 10.8 Å². The normalized spacial score (nSPS) is 11.3. The Morgan fingerprint density at radius 2 is 1.97 bits per heavy atom. The number of rotatable bonds is 5. The topological polar surface area (TPSA) is 78.6 Å². The zero-order chi connectivity index (χ0) is 23.1. The number of esters is 1. The summed E-state index contributed by atoms with van der Waals surface area (Å²) in [6.07, 6.45) is 1.62. The third-order valence-electron chi connectivity index (χ3n) is 5.56. The molecule has 0 aliphatic carbocycles. The Labute approximate surface area is 194 Å². The summed E-state index contributed by atoms with van der Waals surface area (Å²) in [4.78, 5) is 22.6. The summed E-state index contributed by atoms with van der Waals surface area (Å²) in [6.45, 7) is 6.42. The third-order valence-corrected chi connectivity index (χ3v) is 6.74. The molecule has 0 bridgehead atoms. The Balaban J connectivity index is 1.49. The average molecular weight is 459 g/mol. The van der Waals surface area contributed by atoms with Crippen molar-refractivity contribution in [1.29, 1.82) is 0 Å². The molecule has 3 aromatic heterocycles. The minimum Gasteiger partial charge on any atom is -0.489 e. The van der Waals surface area contributed by atoms with Crippen LogP contribution in [-0.2, 0) is 11.3 Å². The van der Waals surface area contributed by atoms with Gasteiger partial charge in [-0.2, -0.15) is 0 Å². The number of hydrogen-bond donors (Lipinski definition) is 0. The van der Waals surface area contributed by atoms with E-state index >= 15 is 0 Å². The molecule has 5 rings (SSSR count). The molecule has 0 aliphatic rings. The van der Waals surface area contributed by atoms with Crippen molar-refractivity contribution in [3.8, 4) is 17.1 Å². The van der Waals surface area contributed by atoms with Crippen LogP contribution in [0.1, 0.15) is 31.9 Å². The third kappa shape index (κ3) is 3.82. The minimum absolute atomic E-state index is 0.370. The number of ether oxygens (including phenoxy) is 2. The van der Waals surface area contributed by atoms with E-state index in [1.165, 1.54) is 18.4 Å². The van der Waals surface area contributed by atoms with Crippen LogP contribution in [-0.4, -0.2) is 32.7 Å². The summed E-state index contributed by atoms with van der Waals surface area (Å²) in [5.74, 6) is 1.10. The summed E-state index contributed by atoms with van der Waals surface area (Å²) >= 11 is 1.30. The van der Waals surface area contributed by atoms with E-state index in [4.69, 9.17) is 14.5 Å². The number of nitrogens with zero attached hydrogens (tertiary/aromatic N) is 4. The number of carbonyl (C=O) groups is 1. The summed E-state index contributed by atoms with van der Waals surface area (Å²) in [7, 11) is 1.38. The number of fused-ring (bicyclic) bond motifs is 3. The summed E-state index contributed by atoms with van der Waals surface area (Å²) < 4.78 is 12.6. The van der Waals surface area contributed by atoms with Gasteiger partial charge >= 0.3 is 5.97 Å². The van der Waals surface area contributed by atoms with Gasteiger partial charge in [-0.3, -0.25) is 0 Å². The highest BCUT2D eigenvalue weighted by Gasteiger charge is 2.21. The van der Waals surface area contributed by atoms with E-state index in [9.17, 15) is 4.79 Å². The van der Waals surface area contributed by atoms with Gasteiger partial charge in [0.2, 0.25) is 0 Å². The van der Waals surface area contributed by atoms with Crippen LogP contribution in [0.15, 0.2) is 48.8 Å². The molecule has 0 radical (unpaired) electrons. The first-order valence-corrected chi connectivity index (χ1v) is 11.3. The molecule has 0 aliphatic heterocycles. The molecule has 0 fully saturated rings. The van der Waals surface area contributed by atoms with Gasteiger partial charge in [-0.25, -0.2) is 19.3 Å². The molecular formula is C25H22N4O3S. The largest absolute Gasteiger partial charge is 0.489 e. The lowest BCUT2D eigenvalue weighted by molar-refractivity contribution is 0.0605. The molecule has 7 nitrogen and oxygen atoms in total. The van der Waals surface area contributed by atoms with E-state index in [2.05, 4.69) is 29.1 Å². The molecule has 166 valence electrons. The SMILES string of the molecule is COC(=O)c1sc2ncn3nc(-c4cccc(COc5cc(C)ccc5C)c4)nc3c2c1C. The molecule has 0 amide bonds. The van der Waals surface area contributed by atoms with Gasteiger partial charge in [-0.15, -0.1) is 16.4 Å². The van der Waals surface area contributed by atoms with Crippen molar-refractivity contribution >= 4 is 33.2 Å². The molecule has 8 heteroatoms. The van der Waals surface area contributed by atoms with Gasteiger partial charge in [0.15, 0.2) is 11.5 Å². The molecular weight excluding hydrogens is 436 g/mol. The minimum atomic E-state index is -0.370. The first-order valence-electron chi connectivity index (χ1n) is 10.5. The maximum atomic E-state index is 12.1. The molecule has 33 heavy (non-hydrogen) atoms. The van der Waals surface area contributed by atoms with Gasteiger partial charge in [-0.1, -0.05) is 30.3 Å². The van der Waals surface area contributed by atoms with E-state index in [1.807, 2.05) is 44.2 Å². The quantitative estimate of drug-likeness (QED) is 0.333.